The summed E-state index contributed by atoms with van der Waals surface area (Å²) in [5.41, 5.74) is 2.27. The molecule has 0 fully saturated rings. The monoisotopic (exact) mass is 188 g/mol. The van der Waals surface area contributed by atoms with E-state index in [2.05, 4.69) is 10.2 Å². The van der Waals surface area contributed by atoms with Gasteiger partial charge in [0.2, 0.25) is 0 Å². The molecule has 0 amide bonds. The van der Waals surface area contributed by atoms with Crippen LogP contribution in [0.4, 0.5) is 0 Å². The molecule has 0 radical (unpaired) electrons. The van der Waals surface area contributed by atoms with E-state index in [1.54, 1.807) is 0 Å². The number of carboxylic acid groups (broad SMARTS) is 1. The van der Waals surface area contributed by atoms with Crippen molar-refractivity contribution >= 4 is 17.7 Å². The average molecular weight is 188 g/mol. The molecule has 0 aromatic carbocycles. The lowest BCUT2D eigenvalue weighted by Gasteiger charge is -2.12. The summed E-state index contributed by atoms with van der Waals surface area (Å²) < 4.78 is 0. The van der Waals surface area contributed by atoms with Crippen molar-refractivity contribution in [3.05, 3.63) is 17.0 Å². The van der Waals surface area contributed by atoms with Crippen LogP contribution in [-0.4, -0.2) is 27.0 Å². The largest absolute Gasteiger partial charge is 0.476 e. The summed E-state index contributed by atoms with van der Waals surface area (Å²) >= 11 is -0.0476. The highest BCUT2D eigenvalue weighted by Crippen LogP contribution is 2.25. The molecule has 4 nitrogen and oxygen atoms in total. The minimum absolute atomic E-state index is 0.0476. The van der Waals surface area contributed by atoms with Crippen LogP contribution in [-0.2, 0) is 12.2 Å². The first-order valence-electron chi connectivity index (χ1n) is 4.08. The molecular formula is C7H12N2O2S. The topological polar surface area (TPSA) is 66.0 Å². The number of rotatable bonds is 1. The molecule has 0 saturated heterocycles. The number of carbonyl (C=O) groups is 1. The van der Waals surface area contributed by atoms with Crippen molar-refractivity contribution in [3.63, 3.8) is 0 Å². The Bertz CT molecular complexity index is 321. The maximum Gasteiger partial charge on any atom is 0.356 e. The quantitative estimate of drug-likeness (QED) is 0.643. The Hall–Kier alpha value is -0.970. The van der Waals surface area contributed by atoms with Crippen molar-refractivity contribution in [2.75, 3.05) is 5.75 Å². The molecule has 2 heterocycles. The van der Waals surface area contributed by atoms with Crippen LogP contribution in [0.3, 0.4) is 0 Å². The molecule has 1 aliphatic heterocycles. The maximum absolute atomic E-state index is 10.7. The van der Waals surface area contributed by atoms with Crippen molar-refractivity contribution in [2.24, 2.45) is 0 Å². The lowest BCUT2D eigenvalue weighted by molar-refractivity contribution is 0.0689. The molecule has 0 saturated carbocycles. The fourth-order valence-electron chi connectivity index (χ4n) is 1.66. The first kappa shape index (κ1) is 7.67. The second kappa shape index (κ2) is 2.82. The van der Waals surface area contributed by atoms with E-state index in [0.717, 1.165) is 23.4 Å². The van der Waals surface area contributed by atoms with Gasteiger partial charge in [0, 0.05) is 11.3 Å². The fourth-order valence-corrected chi connectivity index (χ4v) is 3.40. The normalized spacial score (nSPS) is 16.3. The highest BCUT2D eigenvalue weighted by atomic mass is 32.2. The lowest BCUT2D eigenvalue weighted by Crippen LogP contribution is -2.05. The molecule has 68 valence electrons. The van der Waals surface area contributed by atoms with E-state index in [0.29, 0.717) is 0 Å². The van der Waals surface area contributed by atoms with Gasteiger partial charge in [0.1, 0.15) is 0 Å². The number of hydrogen-bond donors (Lipinski definition) is 2. The van der Waals surface area contributed by atoms with Crippen LogP contribution in [0.5, 0.6) is 0 Å². The first-order chi connectivity index (χ1) is 5.79. The Morgan fingerprint density at radius 3 is 3.25 bits per heavy atom. The van der Waals surface area contributed by atoms with Crippen LogP contribution in [0, 0.1) is 0 Å². The summed E-state index contributed by atoms with van der Waals surface area (Å²) in [5.74, 6) is 1.37. The first-order valence-corrected chi connectivity index (χ1v) is 6.08. The molecule has 0 atom stereocenters. The minimum atomic E-state index is -0.900. The summed E-state index contributed by atoms with van der Waals surface area (Å²) in [5, 5.41) is 15.4. The molecule has 0 bridgehead atoms. The van der Waals surface area contributed by atoms with Crippen molar-refractivity contribution in [3.8, 4) is 0 Å². The smallest absolute Gasteiger partial charge is 0.356 e. The summed E-state index contributed by atoms with van der Waals surface area (Å²) in [7, 11) is 0. The Balaban J connectivity index is 2.44. The van der Waals surface area contributed by atoms with Crippen molar-refractivity contribution < 1.29 is 9.90 Å². The van der Waals surface area contributed by atoms with Crippen LogP contribution in [0.15, 0.2) is 0 Å². The van der Waals surface area contributed by atoms with E-state index in [1.807, 2.05) is 0 Å². The Morgan fingerprint density at radius 1 is 1.67 bits per heavy atom. The van der Waals surface area contributed by atoms with Gasteiger partial charge in [0.15, 0.2) is 5.69 Å². The van der Waals surface area contributed by atoms with Gasteiger partial charge in [-0.05, 0) is 17.9 Å². The number of aryl methyl sites for hydroxylation is 1. The molecular weight excluding hydrogens is 176 g/mol. The molecule has 2 N–H and O–H groups in total. The molecule has 5 heteroatoms. The van der Waals surface area contributed by atoms with Gasteiger partial charge in [0.05, 0.1) is 0 Å². The zero-order valence-electron chi connectivity index (χ0n) is 6.63. The van der Waals surface area contributed by atoms with Crippen LogP contribution in [0.25, 0.3) is 0 Å². The number of carboxylic acids is 1. The summed E-state index contributed by atoms with van der Waals surface area (Å²) in [6.45, 7) is 0. The van der Waals surface area contributed by atoms with Gasteiger partial charge in [-0.15, -0.1) is 0 Å². The number of hydrogen-bond acceptors (Lipinski definition) is 2. The molecule has 1 aromatic heterocycles. The summed E-state index contributed by atoms with van der Waals surface area (Å²) in [4.78, 5) is 10.7. The average Bonchev–Trinajstić information content (AvgIpc) is 2.47. The zero-order valence-corrected chi connectivity index (χ0v) is 8.05. The van der Waals surface area contributed by atoms with Crippen molar-refractivity contribution in [2.45, 2.75) is 12.2 Å². The number of aromatic carboxylic acids is 1. The SMILES string of the molecule is O=C(O)c1n[nH]c2c1C[SH4]CC2. The van der Waals surface area contributed by atoms with Crippen LogP contribution in [0.1, 0.15) is 21.7 Å². The van der Waals surface area contributed by atoms with Gasteiger partial charge in [-0.3, -0.25) is 5.10 Å². The number of fused-ring (bicyclic) bond motifs is 1. The Morgan fingerprint density at radius 2 is 2.50 bits per heavy atom. The maximum atomic E-state index is 10.7. The second-order valence-corrected chi connectivity index (χ2v) is 4.96. The van der Waals surface area contributed by atoms with Gasteiger partial charge in [-0.2, -0.15) is 5.10 Å². The number of nitrogens with one attached hydrogen (secondary N) is 1. The molecule has 0 spiro atoms. The van der Waals surface area contributed by atoms with Gasteiger partial charge >= 0.3 is 5.97 Å². The van der Waals surface area contributed by atoms with E-state index >= 15 is 0 Å². The van der Waals surface area contributed by atoms with Gasteiger partial charge < -0.3 is 16.9 Å². The third-order valence-corrected chi connectivity index (χ3v) is 3.97. The van der Waals surface area contributed by atoms with Crippen LogP contribution < -0.4 is 0 Å². The van der Waals surface area contributed by atoms with E-state index in [9.17, 15) is 4.79 Å². The van der Waals surface area contributed by atoms with Crippen LogP contribution >= 0.6 is 11.8 Å². The highest BCUT2D eigenvalue weighted by Gasteiger charge is 2.19. The van der Waals surface area contributed by atoms with Gasteiger partial charge in [-0.25, -0.2) is 4.79 Å². The fraction of sp³-hybridized carbons (Fsp3) is 0.429. The molecule has 12 heavy (non-hydrogen) atoms. The Kier molecular flexibility index (Phi) is 1.80. The summed E-state index contributed by atoms with van der Waals surface area (Å²) in [6, 6.07) is 0. The molecule has 2 rings (SSSR count). The second-order valence-electron chi connectivity index (χ2n) is 3.04. The lowest BCUT2D eigenvalue weighted by atomic mass is 10.1. The standard InChI is InChI=1S/C7H12N2O2S/c10-7(11)6-4-3-12-2-1-5(4)8-9-6/h1-3H2,12H4,(H,8,9)(H,10,11). The molecule has 0 unspecified atom stereocenters. The predicted octanol–water partition coefficient (Wildman–Crippen LogP) is -0.174. The van der Waals surface area contributed by atoms with Crippen molar-refractivity contribution in [1.29, 1.82) is 0 Å². The van der Waals surface area contributed by atoms with Crippen LogP contribution in [0.2, 0.25) is 0 Å². The minimum Gasteiger partial charge on any atom is -0.476 e. The van der Waals surface area contributed by atoms with E-state index in [4.69, 9.17) is 5.11 Å². The number of H-pyrrole nitrogens is 1. The zero-order chi connectivity index (χ0) is 8.55. The number of aromatic nitrogens is 2. The van der Waals surface area contributed by atoms with Gasteiger partial charge in [-0.1, -0.05) is 0 Å². The van der Waals surface area contributed by atoms with Crippen molar-refractivity contribution in [1.82, 2.24) is 10.2 Å². The predicted molar refractivity (Wildman–Crippen MR) is 51.0 cm³/mol. The molecule has 1 aliphatic rings. The number of aromatic amines is 1. The molecule has 1 aromatic rings. The molecule has 0 aliphatic carbocycles. The Labute approximate surface area is 73.4 Å². The highest BCUT2D eigenvalue weighted by molar-refractivity contribution is 7.98. The summed E-state index contributed by atoms with van der Waals surface area (Å²) in [6.07, 6.45) is 1.00. The number of nitrogens with zero attached hydrogens (tertiary/aromatic N) is 1. The van der Waals surface area contributed by atoms with E-state index in [1.165, 1.54) is 5.75 Å². The van der Waals surface area contributed by atoms with Gasteiger partial charge in [0.25, 0.3) is 0 Å². The third kappa shape index (κ3) is 1.10. The van der Waals surface area contributed by atoms with E-state index < -0.39 is 5.97 Å². The third-order valence-electron chi connectivity index (χ3n) is 2.26. The van der Waals surface area contributed by atoms with E-state index in [-0.39, 0.29) is 17.5 Å².